The van der Waals surface area contributed by atoms with E-state index in [1.807, 2.05) is 42.3 Å². The molecule has 0 radical (unpaired) electrons. The summed E-state index contributed by atoms with van der Waals surface area (Å²) in [5, 5.41) is 3.60. The molecule has 8 heteroatoms. The second-order valence-corrected chi connectivity index (χ2v) is 11.1. The van der Waals surface area contributed by atoms with Crippen molar-refractivity contribution in [1.82, 2.24) is 15.1 Å². The maximum absolute atomic E-state index is 13.9. The average Bonchev–Trinajstić information content (AvgIpc) is 3.00. The van der Waals surface area contributed by atoms with Crippen molar-refractivity contribution in [2.24, 2.45) is 0 Å². The van der Waals surface area contributed by atoms with Crippen molar-refractivity contribution in [3.05, 3.63) is 107 Å². The Morgan fingerprint density at radius 1 is 0.952 bits per heavy atom. The van der Waals surface area contributed by atoms with Gasteiger partial charge in [-0.05, 0) is 60.1 Å². The summed E-state index contributed by atoms with van der Waals surface area (Å²) in [5.41, 5.74) is 5.03. The molecule has 1 unspecified atom stereocenters. The number of hydrogen-bond acceptors (Lipinski definition) is 4. The van der Waals surface area contributed by atoms with E-state index in [2.05, 4.69) is 29.6 Å². The molecule has 0 aliphatic carbocycles. The number of fused-ring (bicyclic) bond motifs is 2. The predicted molar refractivity (Wildman–Crippen MR) is 159 cm³/mol. The standard InChI is InChI=1S/C34H37F2N3O3/c1-23(40)39-21-27-20-28(32(30(22-39)37-27)34(41)38(2)18-17-24-8-4-3-5-9-24)26-15-13-25(14-16-26)10-7-19-42-31-12-6-11-29(35)33(31)36/h3-6,8-9,11-16,27,30,37H,7,10,17-22H2,1-2H3/t27?,30-/m1/s1. The zero-order valence-corrected chi connectivity index (χ0v) is 24.1. The van der Waals surface area contributed by atoms with Gasteiger partial charge >= 0.3 is 0 Å². The average molecular weight is 574 g/mol. The van der Waals surface area contributed by atoms with E-state index >= 15 is 0 Å². The Labute approximate surface area is 246 Å². The van der Waals surface area contributed by atoms with E-state index in [4.69, 9.17) is 4.74 Å². The lowest BCUT2D eigenvalue weighted by molar-refractivity contribution is -0.132. The summed E-state index contributed by atoms with van der Waals surface area (Å²) in [5.74, 6) is -1.97. The number of halogens is 2. The van der Waals surface area contributed by atoms with E-state index < -0.39 is 11.6 Å². The summed E-state index contributed by atoms with van der Waals surface area (Å²) < 4.78 is 32.7. The zero-order chi connectivity index (χ0) is 29.6. The van der Waals surface area contributed by atoms with Crippen LogP contribution >= 0.6 is 0 Å². The Balaban J connectivity index is 1.30. The van der Waals surface area contributed by atoms with E-state index in [1.165, 1.54) is 17.7 Å². The van der Waals surface area contributed by atoms with Crippen molar-refractivity contribution in [3.63, 3.8) is 0 Å². The minimum absolute atomic E-state index is 0.0203. The van der Waals surface area contributed by atoms with Crippen molar-refractivity contribution in [3.8, 4) is 5.75 Å². The van der Waals surface area contributed by atoms with E-state index in [0.29, 0.717) is 38.9 Å². The molecule has 2 atom stereocenters. The smallest absolute Gasteiger partial charge is 0.251 e. The molecule has 6 nitrogen and oxygen atoms in total. The SMILES string of the molecule is CC(=O)N1CC2CC(c3ccc(CCCOc4cccc(F)c4F)cc3)=C(C(=O)N(C)CCc3ccccc3)[C@@H](C1)N2. The number of aryl methyl sites for hydroxylation is 1. The Hall–Kier alpha value is -4.04. The van der Waals surface area contributed by atoms with E-state index in [9.17, 15) is 18.4 Å². The summed E-state index contributed by atoms with van der Waals surface area (Å²) in [6.45, 7) is 3.52. The molecule has 2 aliphatic heterocycles. The summed E-state index contributed by atoms with van der Waals surface area (Å²) in [7, 11) is 1.84. The second kappa shape index (κ2) is 13.3. The number of piperazine rings is 1. The molecule has 1 saturated heterocycles. The molecule has 220 valence electrons. The number of nitrogens with one attached hydrogen (secondary N) is 1. The fourth-order valence-electron chi connectivity index (χ4n) is 5.80. The highest BCUT2D eigenvalue weighted by Crippen LogP contribution is 2.34. The van der Waals surface area contributed by atoms with Crippen molar-refractivity contribution in [2.45, 2.75) is 44.7 Å². The van der Waals surface area contributed by atoms with Crippen LogP contribution in [0.4, 0.5) is 8.78 Å². The van der Waals surface area contributed by atoms with Gasteiger partial charge < -0.3 is 19.9 Å². The number of ether oxygens (including phenoxy) is 1. The molecule has 2 amide bonds. The van der Waals surface area contributed by atoms with Crippen LogP contribution in [0.5, 0.6) is 5.75 Å². The number of benzene rings is 3. The molecular weight excluding hydrogens is 536 g/mol. The lowest BCUT2D eigenvalue weighted by Gasteiger charge is -2.44. The fourth-order valence-corrected chi connectivity index (χ4v) is 5.80. The van der Waals surface area contributed by atoms with Crippen molar-refractivity contribution >= 4 is 17.4 Å². The minimum Gasteiger partial charge on any atom is -0.490 e. The van der Waals surface area contributed by atoms with Crippen LogP contribution in [0, 0.1) is 11.6 Å². The van der Waals surface area contributed by atoms with Crippen LogP contribution in [0.15, 0.2) is 78.4 Å². The molecule has 42 heavy (non-hydrogen) atoms. The van der Waals surface area contributed by atoms with Gasteiger partial charge in [-0.3, -0.25) is 9.59 Å². The van der Waals surface area contributed by atoms with Crippen LogP contribution in [0.25, 0.3) is 5.57 Å². The van der Waals surface area contributed by atoms with Gasteiger partial charge in [0.25, 0.3) is 5.91 Å². The summed E-state index contributed by atoms with van der Waals surface area (Å²) in [6, 6.07) is 22.1. The van der Waals surface area contributed by atoms with Crippen LogP contribution in [0.3, 0.4) is 0 Å². The molecule has 3 aromatic carbocycles. The van der Waals surface area contributed by atoms with Crippen molar-refractivity contribution in [2.75, 3.05) is 33.3 Å². The molecule has 2 aliphatic rings. The topological polar surface area (TPSA) is 61.9 Å². The third-order valence-electron chi connectivity index (χ3n) is 8.09. The largest absolute Gasteiger partial charge is 0.490 e. The van der Waals surface area contributed by atoms with Crippen LogP contribution in [-0.2, 0) is 22.4 Å². The first-order chi connectivity index (χ1) is 20.3. The fraction of sp³-hybridized carbons (Fsp3) is 0.353. The van der Waals surface area contributed by atoms with Gasteiger partial charge in [-0.25, -0.2) is 4.39 Å². The number of carbonyl (C=O) groups is 2. The molecule has 0 spiro atoms. The van der Waals surface area contributed by atoms with Gasteiger partial charge in [-0.1, -0.05) is 60.7 Å². The highest BCUT2D eigenvalue weighted by atomic mass is 19.2. The van der Waals surface area contributed by atoms with Gasteiger partial charge in [0.05, 0.1) is 12.6 Å². The second-order valence-electron chi connectivity index (χ2n) is 11.1. The summed E-state index contributed by atoms with van der Waals surface area (Å²) in [4.78, 5) is 29.8. The van der Waals surface area contributed by atoms with Crippen LogP contribution in [0.2, 0.25) is 0 Å². The number of hydrogen-bond donors (Lipinski definition) is 1. The van der Waals surface area contributed by atoms with Gasteiger partial charge in [0, 0.05) is 45.2 Å². The third kappa shape index (κ3) is 6.87. The predicted octanol–water partition coefficient (Wildman–Crippen LogP) is 5.02. The van der Waals surface area contributed by atoms with E-state index in [-0.39, 0.29) is 36.3 Å². The zero-order valence-electron chi connectivity index (χ0n) is 24.1. The van der Waals surface area contributed by atoms with Gasteiger partial charge in [0.15, 0.2) is 11.6 Å². The van der Waals surface area contributed by atoms with Crippen molar-refractivity contribution in [1.29, 1.82) is 0 Å². The Morgan fingerprint density at radius 3 is 2.43 bits per heavy atom. The van der Waals surface area contributed by atoms with E-state index in [0.717, 1.165) is 34.8 Å². The first kappa shape index (κ1) is 29.5. The summed E-state index contributed by atoms with van der Waals surface area (Å²) in [6.07, 6.45) is 2.77. The van der Waals surface area contributed by atoms with E-state index in [1.54, 1.807) is 11.8 Å². The Kier molecular flexibility index (Phi) is 9.32. The van der Waals surface area contributed by atoms with Gasteiger partial charge in [0.1, 0.15) is 0 Å². The number of nitrogens with zero attached hydrogens (tertiary/aromatic N) is 2. The third-order valence-corrected chi connectivity index (χ3v) is 8.09. The summed E-state index contributed by atoms with van der Waals surface area (Å²) >= 11 is 0. The maximum Gasteiger partial charge on any atom is 0.251 e. The normalized spacial score (nSPS) is 18.1. The Bertz CT molecular complexity index is 1440. The van der Waals surface area contributed by atoms with Gasteiger partial charge in [0.2, 0.25) is 11.7 Å². The molecule has 2 bridgehead atoms. The van der Waals surface area contributed by atoms with Gasteiger partial charge in [-0.2, -0.15) is 4.39 Å². The molecule has 2 heterocycles. The Morgan fingerprint density at radius 2 is 1.69 bits per heavy atom. The molecular formula is C34H37F2N3O3. The number of rotatable bonds is 10. The highest BCUT2D eigenvalue weighted by molar-refractivity contribution is 6.03. The van der Waals surface area contributed by atoms with Crippen LogP contribution < -0.4 is 10.1 Å². The number of likely N-dealkylation sites (N-methyl/N-ethyl adjacent to an activating group) is 1. The molecule has 0 aromatic heterocycles. The van der Waals surface area contributed by atoms with Crippen molar-refractivity contribution < 1.29 is 23.1 Å². The molecule has 1 fully saturated rings. The van der Waals surface area contributed by atoms with Crippen LogP contribution in [0.1, 0.15) is 36.5 Å². The van der Waals surface area contributed by atoms with Gasteiger partial charge in [-0.15, -0.1) is 0 Å². The van der Waals surface area contributed by atoms with Crippen LogP contribution in [-0.4, -0.2) is 67.0 Å². The maximum atomic E-state index is 13.9. The first-order valence-electron chi connectivity index (χ1n) is 14.5. The highest BCUT2D eigenvalue weighted by Gasteiger charge is 2.39. The molecule has 5 rings (SSSR count). The number of carbonyl (C=O) groups excluding carboxylic acids is 2. The number of amides is 2. The first-order valence-corrected chi connectivity index (χ1v) is 14.5. The molecule has 3 aromatic rings. The lowest BCUT2D eigenvalue weighted by Crippen LogP contribution is -2.61. The lowest BCUT2D eigenvalue weighted by atomic mass is 9.82. The molecule has 1 N–H and O–H groups in total. The molecule has 0 saturated carbocycles. The monoisotopic (exact) mass is 573 g/mol. The minimum atomic E-state index is -0.968. The quantitative estimate of drug-likeness (QED) is 0.346.